The van der Waals surface area contributed by atoms with Crippen LogP contribution in [-0.2, 0) is 9.53 Å². The molecule has 0 aromatic carbocycles. The number of carboxylic acid groups (broad SMARTS) is 1. The second-order valence-corrected chi connectivity index (χ2v) is 4.50. The van der Waals surface area contributed by atoms with Gasteiger partial charge in [-0.2, -0.15) is 0 Å². The van der Waals surface area contributed by atoms with Crippen LogP contribution in [0.5, 0.6) is 0 Å². The third kappa shape index (κ3) is 5.02. The minimum absolute atomic E-state index is 0.367. The molecule has 0 amide bonds. The van der Waals surface area contributed by atoms with Crippen molar-refractivity contribution in [3.8, 4) is 0 Å². The fourth-order valence-electron chi connectivity index (χ4n) is 1.97. The van der Waals surface area contributed by atoms with Gasteiger partial charge in [-0.3, -0.25) is 14.6 Å². The lowest BCUT2D eigenvalue weighted by molar-refractivity contribution is -0.143. The molecule has 1 fully saturated rings. The average molecular weight is 244 g/mol. The minimum atomic E-state index is -0.732. The molecular formula is C12H24N2O3. The SMILES string of the molecule is CCCOCCN1CCN(C(C)C(=O)O)CC1. The topological polar surface area (TPSA) is 53.0 Å². The number of piperazine rings is 1. The molecule has 1 saturated heterocycles. The van der Waals surface area contributed by atoms with Crippen LogP contribution in [0.3, 0.4) is 0 Å². The van der Waals surface area contributed by atoms with Gasteiger partial charge in [-0.25, -0.2) is 0 Å². The smallest absolute Gasteiger partial charge is 0.320 e. The third-order valence-corrected chi connectivity index (χ3v) is 3.21. The molecule has 0 aromatic rings. The van der Waals surface area contributed by atoms with Crippen LogP contribution >= 0.6 is 0 Å². The maximum atomic E-state index is 10.8. The molecule has 5 heteroatoms. The highest BCUT2D eigenvalue weighted by Crippen LogP contribution is 2.06. The first-order valence-electron chi connectivity index (χ1n) is 6.42. The number of ether oxygens (including phenoxy) is 1. The molecule has 5 nitrogen and oxygen atoms in total. The van der Waals surface area contributed by atoms with E-state index in [4.69, 9.17) is 9.84 Å². The summed E-state index contributed by atoms with van der Waals surface area (Å²) in [5, 5.41) is 8.93. The standard InChI is InChI=1S/C12H24N2O3/c1-3-9-17-10-8-13-4-6-14(7-5-13)11(2)12(15)16/h11H,3-10H2,1-2H3,(H,15,16). The Morgan fingerprint density at radius 2 is 1.94 bits per heavy atom. The fourth-order valence-corrected chi connectivity index (χ4v) is 1.97. The largest absolute Gasteiger partial charge is 0.480 e. The molecule has 100 valence electrons. The van der Waals surface area contributed by atoms with Gasteiger partial charge < -0.3 is 9.84 Å². The predicted molar refractivity (Wildman–Crippen MR) is 66.2 cm³/mol. The van der Waals surface area contributed by atoms with E-state index in [1.165, 1.54) is 0 Å². The number of rotatable bonds is 7. The van der Waals surface area contributed by atoms with Gasteiger partial charge in [-0.1, -0.05) is 6.92 Å². The predicted octanol–water partition coefficient (Wildman–Crippen LogP) is 0.504. The maximum Gasteiger partial charge on any atom is 0.320 e. The van der Waals surface area contributed by atoms with E-state index in [1.807, 2.05) is 4.90 Å². The van der Waals surface area contributed by atoms with Gasteiger partial charge in [0.15, 0.2) is 0 Å². The monoisotopic (exact) mass is 244 g/mol. The third-order valence-electron chi connectivity index (χ3n) is 3.21. The number of nitrogens with zero attached hydrogens (tertiary/aromatic N) is 2. The molecule has 17 heavy (non-hydrogen) atoms. The van der Waals surface area contributed by atoms with E-state index in [0.717, 1.165) is 52.4 Å². The average Bonchev–Trinajstić information content (AvgIpc) is 2.34. The Hall–Kier alpha value is -0.650. The summed E-state index contributed by atoms with van der Waals surface area (Å²) in [5.74, 6) is -0.732. The Morgan fingerprint density at radius 1 is 1.29 bits per heavy atom. The van der Waals surface area contributed by atoms with E-state index in [1.54, 1.807) is 6.92 Å². The molecule has 1 rings (SSSR count). The molecule has 0 spiro atoms. The quantitative estimate of drug-likeness (QED) is 0.661. The van der Waals surface area contributed by atoms with E-state index in [-0.39, 0.29) is 6.04 Å². The minimum Gasteiger partial charge on any atom is -0.480 e. The highest BCUT2D eigenvalue weighted by Gasteiger charge is 2.24. The van der Waals surface area contributed by atoms with Crippen molar-refractivity contribution in [2.45, 2.75) is 26.3 Å². The lowest BCUT2D eigenvalue weighted by Gasteiger charge is -2.36. The van der Waals surface area contributed by atoms with Gasteiger partial charge in [-0.15, -0.1) is 0 Å². The molecule has 1 heterocycles. The van der Waals surface area contributed by atoms with Crippen molar-refractivity contribution in [3.05, 3.63) is 0 Å². The lowest BCUT2D eigenvalue weighted by Crippen LogP contribution is -2.52. The number of aliphatic carboxylic acids is 1. The summed E-state index contributed by atoms with van der Waals surface area (Å²) in [5.41, 5.74) is 0. The lowest BCUT2D eigenvalue weighted by atomic mass is 10.2. The van der Waals surface area contributed by atoms with Crippen LogP contribution in [0.4, 0.5) is 0 Å². The van der Waals surface area contributed by atoms with Crippen LogP contribution in [-0.4, -0.2) is 72.9 Å². The highest BCUT2D eigenvalue weighted by molar-refractivity contribution is 5.72. The summed E-state index contributed by atoms with van der Waals surface area (Å²) in [4.78, 5) is 15.2. The zero-order valence-corrected chi connectivity index (χ0v) is 10.9. The Morgan fingerprint density at radius 3 is 2.47 bits per heavy atom. The molecule has 1 aliphatic rings. The number of hydrogen-bond acceptors (Lipinski definition) is 4. The van der Waals surface area contributed by atoms with Crippen LogP contribution in [0.2, 0.25) is 0 Å². The van der Waals surface area contributed by atoms with Crippen LogP contribution < -0.4 is 0 Å². The summed E-state index contributed by atoms with van der Waals surface area (Å²) >= 11 is 0. The first-order valence-corrected chi connectivity index (χ1v) is 6.42. The molecule has 0 radical (unpaired) electrons. The molecule has 0 aliphatic carbocycles. The molecule has 1 N–H and O–H groups in total. The van der Waals surface area contributed by atoms with Gasteiger partial charge in [0.1, 0.15) is 6.04 Å². The van der Waals surface area contributed by atoms with E-state index in [2.05, 4.69) is 11.8 Å². The number of carboxylic acids is 1. The van der Waals surface area contributed by atoms with Gasteiger partial charge in [0.2, 0.25) is 0 Å². The Kier molecular flexibility index (Phi) is 6.47. The number of hydrogen-bond donors (Lipinski definition) is 1. The van der Waals surface area contributed by atoms with Crippen molar-refractivity contribution in [1.29, 1.82) is 0 Å². The number of carbonyl (C=O) groups is 1. The second kappa shape index (κ2) is 7.63. The molecular weight excluding hydrogens is 220 g/mol. The normalized spacial score (nSPS) is 20.4. The Labute approximate surface area is 103 Å². The summed E-state index contributed by atoms with van der Waals surface area (Å²) in [6, 6.07) is -0.367. The second-order valence-electron chi connectivity index (χ2n) is 4.50. The zero-order chi connectivity index (χ0) is 12.7. The van der Waals surface area contributed by atoms with Crippen molar-refractivity contribution in [3.63, 3.8) is 0 Å². The van der Waals surface area contributed by atoms with Crippen LogP contribution in [0, 0.1) is 0 Å². The van der Waals surface area contributed by atoms with Crippen molar-refractivity contribution >= 4 is 5.97 Å². The van der Waals surface area contributed by atoms with Crippen molar-refractivity contribution in [2.24, 2.45) is 0 Å². The van der Waals surface area contributed by atoms with Gasteiger partial charge in [0.05, 0.1) is 6.61 Å². The van der Waals surface area contributed by atoms with E-state index in [0.29, 0.717) is 0 Å². The summed E-state index contributed by atoms with van der Waals surface area (Å²) in [6.07, 6.45) is 1.06. The summed E-state index contributed by atoms with van der Waals surface area (Å²) < 4.78 is 5.45. The first kappa shape index (κ1) is 14.4. The van der Waals surface area contributed by atoms with Gasteiger partial charge >= 0.3 is 5.97 Å². The van der Waals surface area contributed by atoms with Gasteiger partial charge in [-0.05, 0) is 13.3 Å². The molecule has 1 atom stereocenters. The molecule has 0 aromatic heterocycles. The van der Waals surface area contributed by atoms with E-state index in [9.17, 15) is 4.79 Å². The molecule has 0 saturated carbocycles. The molecule has 1 unspecified atom stereocenters. The Bertz CT molecular complexity index is 228. The summed E-state index contributed by atoms with van der Waals surface area (Å²) in [7, 11) is 0. The molecule has 0 bridgehead atoms. The van der Waals surface area contributed by atoms with Crippen LogP contribution in [0.1, 0.15) is 20.3 Å². The fraction of sp³-hybridized carbons (Fsp3) is 0.917. The maximum absolute atomic E-state index is 10.8. The van der Waals surface area contributed by atoms with Crippen LogP contribution in [0.25, 0.3) is 0 Å². The Balaban J connectivity index is 2.15. The van der Waals surface area contributed by atoms with Gasteiger partial charge in [0, 0.05) is 39.3 Å². The highest BCUT2D eigenvalue weighted by atomic mass is 16.5. The van der Waals surface area contributed by atoms with Crippen LogP contribution in [0.15, 0.2) is 0 Å². The zero-order valence-electron chi connectivity index (χ0n) is 10.9. The molecule has 1 aliphatic heterocycles. The van der Waals surface area contributed by atoms with Crippen molar-refractivity contribution in [1.82, 2.24) is 9.80 Å². The van der Waals surface area contributed by atoms with Crippen molar-refractivity contribution in [2.75, 3.05) is 45.9 Å². The van der Waals surface area contributed by atoms with E-state index < -0.39 is 5.97 Å². The van der Waals surface area contributed by atoms with Gasteiger partial charge in [0.25, 0.3) is 0 Å². The summed E-state index contributed by atoms with van der Waals surface area (Å²) in [6.45, 7) is 9.96. The first-order chi connectivity index (χ1) is 8.15. The van der Waals surface area contributed by atoms with Crippen molar-refractivity contribution < 1.29 is 14.6 Å². The van der Waals surface area contributed by atoms with E-state index >= 15 is 0 Å².